The molecule has 2 rings (SSSR count). The molecule has 1 atom stereocenters. The molecule has 5 nitrogen and oxygen atoms in total. The van der Waals surface area contributed by atoms with Crippen LogP contribution in [0.2, 0.25) is 0 Å². The smallest absolute Gasteiger partial charge is 0.273 e. The number of rotatable bonds is 5. The van der Waals surface area contributed by atoms with Crippen LogP contribution in [0.3, 0.4) is 0 Å². The van der Waals surface area contributed by atoms with Gasteiger partial charge in [-0.15, -0.1) is 0 Å². The summed E-state index contributed by atoms with van der Waals surface area (Å²) in [5.74, 6) is 0. The van der Waals surface area contributed by atoms with Gasteiger partial charge < -0.3 is 0 Å². The second-order valence-corrected chi connectivity index (χ2v) is 5.46. The summed E-state index contributed by atoms with van der Waals surface area (Å²) in [6, 6.07) is 7.67. The van der Waals surface area contributed by atoms with E-state index in [0.29, 0.717) is 12.6 Å². The van der Waals surface area contributed by atoms with Gasteiger partial charge in [-0.25, -0.2) is 0 Å². The molecule has 0 aromatic heterocycles. The summed E-state index contributed by atoms with van der Waals surface area (Å²) < 4.78 is 0. The Hall–Kier alpha value is -1.46. The van der Waals surface area contributed by atoms with Crippen LogP contribution in [0.15, 0.2) is 24.3 Å². The van der Waals surface area contributed by atoms with Crippen LogP contribution < -0.4 is 0 Å². The minimum atomic E-state index is -0.287. The maximum atomic E-state index is 11.0. The Labute approximate surface area is 120 Å². The molecule has 0 radical (unpaired) electrons. The first-order chi connectivity index (χ1) is 9.61. The highest BCUT2D eigenvalue weighted by molar-refractivity contribution is 5.39. The predicted molar refractivity (Wildman–Crippen MR) is 79.7 cm³/mol. The van der Waals surface area contributed by atoms with Crippen molar-refractivity contribution in [2.75, 3.05) is 26.2 Å². The van der Waals surface area contributed by atoms with Crippen LogP contribution in [-0.2, 0) is 6.54 Å². The zero-order valence-electron chi connectivity index (χ0n) is 12.3. The molecule has 0 aliphatic carbocycles. The lowest BCUT2D eigenvalue weighted by Crippen LogP contribution is -2.49. The first kappa shape index (κ1) is 14.9. The van der Waals surface area contributed by atoms with Gasteiger partial charge in [-0.3, -0.25) is 19.9 Å². The summed E-state index contributed by atoms with van der Waals surface area (Å²) in [6.07, 6.45) is 1.17. The van der Waals surface area contributed by atoms with Crippen LogP contribution in [-0.4, -0.2) is 46.9 Å². The number of nitro benzene ring substituents is 1. The lowest BCUT2D eigenvalue weighted by atomic mass is 10.1. The van der Waals surface area contributed by atoms with Gasteiger partial charge in [-0.1, -0.05) is 25.1 Å². The van der Waals surface area contributed by atoms with E-state index in [1.807, 2.05) is 12.1 Å². The summed E-state index contributed by atoms with van der Waals surface area (Å²) in [6.45, 7) is 9.21. The average Bonchev–Trinajstić information content (AvgIpc) is 2.47. The predicted octanol–water partition coefficient (Wildman–Crippen LogP) is 2.51. The first-order valence-electron chi connectivity index (χ1n) is 7.30. The van der Waals surface area contributed by atoms with E-state index in [2.05, 4.69) is 23.6 Å². The van der Waals surface area contributed by atoms with Gasteiger partial charge in [0.15, 0.2) is 0 Å². The van der Waals surface area contributed by atoms with Gasteiger partial charge in [0, 0.05) is 50.4 Å². The Morgan fingerprint density at radius 1 is 1.25 bits per heavy atom. The van der Waals surface area contributed by atoms with Crippen molar-refractivity contribution in [2.45, 2.75) is 32.9 Å². The molecule has 1 aromatic carbocycles. The van der Waals surface area contributed by atoms with Crippen molar-refractivity contribution >= 4 is 5.69 Å². The van der Waals surface area contributed by atoms with Crippen LogP contribution in [0.5, 0.6) is 0 Å². The van der Waals surface area contributed by atoms with Gasteiger partial charge in [0.1, 0.15) is 0 Å². The van der Waals surface area contributed by atoms with Crippen LogP contribution in [0, 0.1) is 10.1 Å². The van der Waals surface area contributed by atoms with E-state index in [9.17, 15) is 10.1 Å². The SMILES string of the molecule is CC[C@H](C)N1CCN(Cc2ccccc2[N+](=O)[O-])CC1. The van der Waals surface area contributed by atoms with Gasteiger partial charge in [0.25, 0.3) is 5.69 Å². The minimum Gasteiger partial charge on any atom is -0.298 e. The van der Waals surface area contributed by atoms with E-state index in [-0.39, 0.29) is 10.6 Å². The normalized spacial score (nSPS) is 18.9. The summed E-state index contributed by atoms with van der Waals surface area (Å²) >= 11 is 0. The molecule has 1 aromatic rings. The minimum absolute atomic E-state index is 0.233. The van der Waals surface area contributed by atoms with E-state index in [1.165, 1.54) is 6.42 Å². The molecule has 1 fully saturated rings. The van der Waals surface area contributed by atoms with Crippen molar-refractivity contribution in [1.29, 1.82) is 0 Å². The third-order valence-electron chi connectivity index (χ3n) is 4.20. The van der Waals surface area contributed by atoms with Crippen molar-refractivity contribution in [1.82, 2.24) is 9.80 Å². The Kier molecular flexibility index (Phi) is 5.09. The molecule has 20 heavy (non-hydrogen) atoms. The van der Waals surface area contributed by atoms with E-state index in [1.54, 1.807) is 12.1 Å². The molecule has 0 amide bonds. The molecule has 5 heteroatoms. The molecular formula is C15H23N3O2. The largest absolute Gasteiger partial charge is 0.298 e. The fourth-order valence-corrected chi connectivity index (χ4v) is 2.68. The Morgan fingerprint density at radius 3 is 2.50 bits per heavy atom. The lowest BCUT2D eigenvalue weighted by Gasteiger charge is -2.37. The number of nitrogens with zero attached hydrogens (tertiary/aromatic N) is 3. The zero-order chi connectivity index (χ0) is 14.5. The van der Waals surface area contributed by atoms with Gasteiger partial charge in [-0.05, 0) is 13.3 Å². The molecule has 0 spiro atoms. The second-order valence-electron chi connectivity index (χ2n) is 5.46. The summed E-state index contributed by atoms with van der Waals surface area (Å²) in [4.78, 5) is 15.5. The number of para-hydroxylation sites is 1. The quantitative estimate of drug-likeness (QED) is 0.613. The first-order valence-corrected chi connectivity index (χ1v) is 7.30. The topological polar surface area (TPSA) is 49.6 Å². The van der Waals surface area contributed by atoms with Gasteiger partial charge in [0.2, 0.25) is 0 Å². The highest BCUT2D eigenvalue weighted by Crippen LogP contribution is 2.20. The van der Waals surface area contributed by atoms with Crippen LogP contribution in [0.25, 0.3) is 0 Å². The summed E-state index contributed by atoms with van der Waals surface area (Å²) in [5, 5.41) is 11.0. The number of nitro groups is 1. The summed E-state index contributed by atoms with van der Waals surface area (Å²) in [5.41, 5.74) is 1.05. The zero-order valence-corrected chi connectivity index (χ0v) is 12.3. The molecule has 110 valence electrons. The molecule has 0 saturated carbocycles. The van der Waals surface area contributed by atoms with E-state index < -0.39 is 0 Å². The highest BCUT2D eigenvalue weighted by atomic mass is 16.6. The van der Waals surface area contributed by atoms with Crippen molar-refractivity contribution in [2.24, 2.45) is 0 Å². The van der Waals surface area contributed by atoms with Gasteiger partial charge in [-0.2, -0.15) is 0 Å². The third kappa shape index (κ3) is 3.55. The standard InChI is InChI=1S/C15H23N3O2/c1-3-13(2)17-10-8-16(9-11-17)12-14-6-4-5-7-15(14)18(19)20/h4-7,13H,3,8-12H2,1-2H3/t13-/m0/s1. The van der Waals surface area contributed by atoms with Crippen LogP contribution in [0.1, 0.15) is 25.8 Å². The maximum absolute atomic E-state index is 11.0. The Bertz CT molecular complexity index is 456. The average molecular weight is 277 g/mol. The molecule has 1 saturated heterocycles. The Balaban J connectivity index is 1.95. The molecule has 1 aliphatic rings. The van der Waals surface area contributed by atoms with Crippen LogP contribution >= 0.6 is 0 Å². The number of hydrogen-bond acceptors (Lipinski definition) is 4. The molecule has 1 heterocycles. The number of piperazine rings is 1. The Morgan fingerprint density at radius 2 is 1.90 bits per heavy atom. The van der Waals surface area contributed by atoms with Gasteiger partial charge >= 0.3 is 0 Å². The molecule has 0 bridgehead atoms. The summed E-state index contributed by atoms with van der Waals surface area (Å²) in [7, 11) is 0. The fraction of sp³-hybridized carbons (Fsp3) is 0.600. The second kappa shape index (κ2) is 6.81. The van der Waals surface area contributed by atoms with E-state index in [0.717, 1.165) is 31.7 Å². The molecule has 0 unspecified atom stereocenters. The van der Waals surface area contributed by atoms with Crippen molar-refractivity contribution in [3.63, 3.8) is 0 Å². The van der Waals surface area contributed by atoms with E-state index in [4.69, 9.17) is 0 Å². The molecule has 0 N–H and O–H groups in total. The highest BCUT2D eigenvalue weighted by Gasteiger charge is 2.22. The number of benzene rings is 1. The maximum Gasteiger partial charge on any atom is 0.273 e. The van der Waals surface area contributed by atoms with Crippen LogP contribution in [0.4, 0.5) is 5.69 Å². The van der Waals surface area contributed by atoms with Crippen molar-refractivity contribution in [3.05, 3.63) is 39.9 Å². The molecule has 1 aliphatic heterocycles. The molecular weight excluding hydrogens is 254 g/mol. The lowest BCUT2D eigenvalue weighted by molar-refractivity contribution is -0.385. The van der Waals surface area contributed by atoms with Gasteiger partial charge in [0.05, 0.1) is 4.92 Å². The van der Waals surface area contributed by atoms with Crippen molar-refractivity contribution < 1.29 is 4.92 Å². The fourth-order valence-electron chi connectivity index (χ4n) is 2.68. The number of hydrogen-bond donors (Lipinski definition) is 0. The van der Waals surface area contributed by atoms with Crippen molar-refractivity contribution in [3.8, 4) is 0 Å². The van der Waals surface area contributed by atoms with E-state index >= 15 is 0 Å². The monoisotopic (exact) mass is 277 g/mol. The third-order valence-corrected chi connectivity index (χ3v) is 4.20.